The van der Waals surface area contributed by atoms with Crippen LogP contribution in [-0.2, 0) is 6.42 Å². The first-order valence-corrected chi connectivity index (χ1v) is 13.3. The lowest BCUT2D eigenvalue weighted by Crippen LogP contribution is -2.45. The molecule has 1 amide bonds. The van der Waals surface area contributed by atoms with E-state index < -0.39 is 0 Å². The van der Waals surface area contributed by atoms with Gasteiger partial charge in [0.25, 0.3) is 5.91 Å². The maximum Gasteiger partial charge on any atom is 0.255 e. The number of amides is 1. The molecule has 0 atom stereocenters. The van der Waals surface area contributed by atoms with Crippen LogP contribution in [0.5, 0.6) is 5.75 Å². The predicted octanol–water partition coefficient (Wildman–Crippen LogP) is 4.83. The molecule has 5 aromatic rings. The molecule has 1 saturated heterocycles. The molecule has 0 bridgehead atoms. The molecular weight excluding hydrogens is 488 g/mol. The van der Waals surface area contributed by atoms with Crippen molar-refractivity contribution in [3.05, 3.63) is 83.9 Å². The zero-order valence-corrected chi connectivity index (χ0v) is 22.3. The van der Waals surface area contributed by atoms with Gasteiger partial charge in [-0.2, -0.15) is 0 Å². The molecule has 0 aliphatic carbocycles. The molecular formula is C31H32N6O2. The molecule has 8 nitrogen and oxygen atoms in total. The Morgan fingerprint density at radius 3 is 2.59 bits per heavy atom. The highest BCUT2D eigenvalue weighted by Crippen LogP contribution is 2.27. The van der Waals surface area contributed by atoms with Gasteiger partial charge in [-0.05, 0) is 61.5 Å². The van der Waals surface area contributed by atoms with Gasteiger partial charge < -0.3 is 24.8 Å². The number of pyridine rings is 1. The summed E-state index contributed by atoms with van der Waals surface area (Å²) in [7, 11) is 3.82. The van der Waals surface area contributed by atoms with Crippen molar-refractivity contribution in [2.24, 2.45) is 0 Å². The average molecular weight is 521 g/mol. The van der Waals surface area contributed by atoms with Gasteiger partial charge in [0.15, 0.2) is 5.82 Å². The number of methoxy groups -OCH3 is 1. The third-order valence-corrected chi connectivity index (χ3v) is 7.41. The maximum absolute atomic E-state index is 13.0. The summed E-state index contributed by atoms with van der Waals surface area (Å²) >= 11 is 0. The van der Waals surface area contributed by atoms with E-state index in [1.165, 1.54) is 5.56 Å². The molecule has 6 rings (SSSR count). The second kappa shape index (κ2) is 10.8. The normalized spacial score (nSPS) is 14.6. The van der Waals surface area contributed by atoms with Crippen molar-refractivity contribution in [2.45, 2.75) is 6.42 Å². The van der Waals surface area contributed by atoms with E-state index in [1.807, 2.05) is 54.6 Å². The van der Waals surface area contributed by atoms with Gasteiger partial charge in [0.05, 0.1) is 18.1 Å². The molecule has 1 fully saturated rings. The lowest BCUT2D eigenvalue weighted by atomic mass is 10.1. The quantitative estimate of drug-likeness (QED) is 0.320. The molecule has 0 unspecified atom stereocenters. The second-order valence-corrected chi connectivity index (χ2v) is 10.1. The van der Waals surface area contributed by atoms with Crippen LogP contribution >= 0.6 is 0 Å². The van der Waals surface area contributed by atoms with Crippen molar-refractivity contribution in [3.8, 4) is 17.3 Å². The minimum atomic E-state index is -0.160. The van der Waals surface area contributed by atoms with Gasteiger partial charge >= 0.3 is 0 Å². The van der Waals surface area contributed by atoms with E-state index in [9.17, 15) is 4.79 Å². The number of piperazine rings is 1. The minimum absolute atomic E-state index is 0.160. The Kier molecular flexibility index (Phi) is 6.96. The van der Waals surface area contributed by atoms with Crippen LogP contribution in [0.25, 0.3) is 33.5 Å². The van der Waals surface area contributed by atoms with Crippen LogP contribution in [0.15, 0.2) is 72.8 Å². The number of fused-ring (bicyclic) bond motifs is 2. The molecule has 1 aliphatic heterocycles. The molecule has 8 heteroatoms. The van der Waals surface area contributed by atoms with Crippen LogP contribution in [0.3, 0.4) is 0 Å². The number of carbonyl (C=O) groups is 1. The Balaban J connectivity index is 1.13. The van der Waals surface area contributed by atoms with Gasteiger partial charge in [-0.15, -0.1) is 0 Å². The third-order valence-electron chi connectivity index (χ3n) is 7.41. The highest BCUT2D eigenvalue weighted by Gasteiger charge is 2.14. The molecule has 2 aromatic heterocycles. The topological polar surface area (TPSA) is 86.4 Å². The summed E-state index contributed by atoms with van der Waals surface area (Å²) < 4.78 is 5.47. The van der Waals surface area contributed by atoms with Crippen molar-refractivity contribution in [1.82, 2.24) is 24.8 Å². The van der Waals surface area contributed by atoms with Crippen molar-refractivity contribution in [3.63, 3.8) is 0 Å². The fourth-order valence-corrected chi connectivity index (χ4v) is 5.01. The van der Waals surface area contributed by atoms with Crippen LogP contribution < -0.4 is 10.1 Å². The number of aromatic amines is 1. The first kappa shape index (κ1) is 25.0. The zero-order chi connectivity index (χ0) is 26.8. The monoisotopic (exact) mass is 520 g/mol. The molecule has 1 aliphatic rings. The number of likely N-dealkylation sites (N-methyl/N-ethyl adjacent to an activating group) is 1. The third kappa shape index (κ3) is 5.48. The van der Waals surface area contributed by atoms with E-state index in [0.717, 1.165) is 66.8 Å². The maximum atomic E-state index is 13.0. The number of nitrogens with one attached hydrogen (secondary N) is 2. The van der Waals surface area contributed by atoms with Gasteiger partial charge in [-0.1, -0.05) is 30.3 Å². The highest BCUT2D eigenvalue weighted by molar-refractivity contribution is 6.06. The minimum Gasteiger partial charge on any atom is -0.494 e. The lowest BCUT2D eigenvalue weighted by Gasteiger charge is -2.32. The molecule has 3 heterocycles. The van der Waals surface area contributed by atoms with Crippen molar-refractivity contribution < 1.29 is 9.53 Å². The van der Waals surface area contributed by atoms with Gasteiger partial charge in [-0.25, -0.2) is 9.97 Å². The van der Waals surface area contributed by atoms with E-state index in [-0.39, 0.29) is 5.91 Å². The van der Waals surface area contributed by atoms with Crippen LogP contribution in [0.4, 0.5) is 5.69 Å². The number of aromatic nitrogens is 3. The first-order chi connectivity index (χ1) is 19.1. The number of imidazole rings is 1. The van der Waals surface area contributed by atoms with Gasteiger partial charge in [0.2, 0.25) is 0 Å². The predicted molar refractivity (Wildman–Crippen MR) is 155 cm³/mol. The number of ether oxygens (including phenoxy) is 1. The number of hydrogen-bond acceptors (Lipinski definition) is 6. The molecule has 39 heavy (non-hydrogen) atoms. The van der Waals surface area contributed by atoms with Gasteiger partial charge in [0, 0.05) is 49.4 Å². The summed E-state index contributed by atoms with van der Waals surface area (Å²) in [6.07, 6.45) is 1.01. The Morgan fingerprint density at radius 1 is 0.974 bits per heavy atom. The molecule has 198 valence electrons. The smallest absolute Gasteiger partial charge is 0.255 e. The van der Waals surface area contributed by atoms with E-state index >= 15 is 0 Å². The summed E-state index contributed by atoms with van der Waals surface area (Å²) in [5.41, 5.74) is 5.66. The van der Waals surface area contributed by atoms with Crippen molar-refractivity contribution in [1.29, 1.82) is 0 Å². The van der Waals surface area contributed by atoms with Crippen LogP contribution in [0.1, 0.15) is 15.9 Å². The summed E-state index contributed by atoms with van der Waals surface area (Å²) in [6.45, 7) is 5.58. The lowest BCUT2D eigenvalue weighted by molar-refractivity contribution is 0.102. The standard InChI is InChI=1S/C31H32N6O2/c1-36-16-18-37(19-17-36)15-14-21-6-10-24(11-7-21)32-31(38)23-9-12-25-27(20-23)35-30(34-25)26-13-8-22-4-3-5-28(39-2)29(22)33-26/h3-13,20H,14-19H2,1-2H3,(H,32,38)(H,34,35). The van der Waals surface area contributed by atoms with Crippen molar-refractivity contribution >= 4 is 33.5 Å². The van der Waals surface area contributed by atoms with E-state index in [2.05, 4.69) is 39.3 Å². The van der Waals surface area contributed by atoms with E-state index in [4.69, 9.17) is 14.7 Å². The number of rotatable bonds is 7. The van der Waals surface area contributed by atoms with Crippen LogP contribution in [-0.4, -0.2) is 77.5 Å². The number of hydrogen-bond donors (Lipinski definition) is 2. The number of anilines is 1. The Hall–Kier alpha value is -4.27. The summed E-state index contributed by atoms with van der Waals surface area (Å²) in [5.74, 6) is 1.20. The molecule has 3 aromatic carbocycles. The largest absolute Gasteiger partial charge is 0.494 e. The summed E-state index contributed by atoms with van der Waals surface area (Å²) in [5, 5.41) is 4.01. The molecule has 0 spiro atoms. The molecule has 0 saturated carbocycles. The number of para-hydroxylation sites is 1. The summed E-state index contributed by atoms with van der Waals surface area (Å²) in [6, 6.07) is 23.4. The Morgan fingerprint density at radius 2 is 1.79 bits per heavy atom. The van der Waals surface area contributed by atoms with Crippen LogP contribution in [0.2, 0.25) is 0 Å². The van der Waals surface area contributed by atoms with Crippen LogP contribution in [0, 0.1) is 0 Å². The van der Waals surface area contributed by atoms with E-state index in [0.29, 0.717) is 22.8 Å². The highest BCUT2D eigenvalue weighted by atomic mass is 16.5. The Labute approximate surface area is 227 Å². The summed E-state index contributed by atoms with van der Waals surface area (Å²) in [4.78, 5) is 30.7. The van der Waals surface area contributed by atoms with E-state index in [1.54, 1.807) is 13.2 Å². The fourth-order valence-electron chi connectivity index (χ4n) is 5.01. The van der Waals surface area contributed by atoms with Gasteiger partial charge in [0.1, 0.15) is 17.0 Å². The second-order valence-electron chi connectivity index (χ2n) is 10.1. The fraction of sp³-hybridized carbons (Fsp3) is 0.258. The molecule has 0 radical (unpaired) electrons. The SMILES string of the molecule is COc1cccc2ccc(-c3nc4ccc(C(=O)Nc5ccc(CCN6CCN(C)CC6)cc5)cc4[nH]3)nc12. The van der Waals surface area contributed by atoms with Crippen molar-refractivity contribution in [2.75, 3.05) is 52.2 Å². The first-order valence-electron chi connectivity index (χ1n) is 13.3. The number of carbonyl (C=O) groups excluding carboxylic acids is 1. The average Bonchev–Trinajstić information content (AvgIpc) is 3.40. The number of H-pyrrole nitrogens is 1. The number of nitrogens with zero attached hydrogens (tertiary/aromatic N) is 4. The number of benzene rings is 3. The molecule has 2 N–H and O–H groups in total. The Bertz CT molecular complexity index is 1620. The van der Waals surface area contributed by atoms with Gasteiger partial charge in [-0.3, -0.25) is 4.79 Å². The zero-order valence-electron chi connectivity index (χ0n) is 22.3.